The van der Waals surface area contributed by atoms with Crippen molar-refractivity contribution in [2.24, 2.45) is 0 Å². The summed E-state index contributed by atoms with van der Waals surface area (Å²) in [4.78, 5) is 15.6. The van der Waals surface area contributed by atoms with Crippen LogP contribution in [0.3, 0.4) is 0 Å². The van der Waals surface area contributed by atoms with Gasteiger partial charge in [-0.2, -0.15) is 0 Å². The summed E-state index contributed by atoms with van der Waals surface area (Å²) >= 11 is 0. The summed E-state index contributed by atoms with van der Waals surface area (Å²) < 4.78 is 5.06. The molecule has 0 radical (unpaired) electrons. The van der Waals surface area contributed by atoms with Crippen molar-refractivity contribution in [1.29, 1.82) is 0 Å². The molecule has 0 N–H and O–H groups in total. The highest BCUT2D eigenvalue weighted by atomic mass is 16.5. The summed E-state index contributed by atoms with van der Waals surface area (Å²) in [6.07, 6.45) is 1.49. The molecule has 0 spiro atoms. The molecule has 0 bridgehead atoms. The molecule has 0 aliphatic heterocycles. The maximum atomic E-state index is 12.2. The lowest BCUT2D eigenvalue weighted by atomic mass is 10.0. The molecule has 2 aromatic carbocycles. The molecule has 0 atom stereocenters. The molecule has 22 heavy (non-hydrogen) atoms. The Kier molecular flexibility index (Phi) is 3.59. The number of fused-ring (bicyclic) bond motifs is 3. The van der Waals surface area contributed by atoms with Gasteiger partial charge in [0.15, 0.2) is 0 Å². The molecule has 0 saturated carbocycles. The summed E-state index contributed by atoms with van der Waals surface area (Å²) in [5.41, 5.74) is 4.52. The van der Waals surface area contributed by atoms with E-state index in [-0.39, 0.29) is 12.3 Å². The molecule has 0 fully saturated rings. The third-order valence-electron chi connectivity index (χ3n) is 3.56. The van der Waals surface area contributed by atoms with Gasteiger partial charge in [0.05, 0.1) is 6.57 Å². The zero-order valence-corrected chi connectivity index (χ0v) is 11.9. The van der Waals surface area contributed by atoms with Crippen LogP contribution in [0.25, 0.3) is 21.5 Å². The number of carbonyl (C=O) groups is 1. The van der Waals surface area contributed by atoms with E-state index in [1.54, 1.807) is 0 Å². The van der Waals surface area contributed by atoms with E-state index in [9.17, 15) is 4.79 Å². The zero-order chi connectivity index (χ0) is 15.5. The van der Waals surface area contributed by atoms with Crippen LogP contribution in [0.15, 0.2) is 66.9 Å². The van der Waals surface area contributed by atoms with E-state index < -0.39 is 5.97 Å². The molecule has 0 saturated heterocycles. The average molecular weight is 287 g/mol. The van der Waals surface area contributed by atoms with Crippen LogP contribution in [-0.4, -0.2) is 12.6 Å². The second kappa shape index (κ2) is 5.71. The molecule has 0 heterocycles. The van der Waals surface area contributed by atoms with Gasteiger partial charge in [-0.3, -0.25) is 4.79 Å². The normalized spacial score (nSPS) is 11.1. The number of carbonyl (C=O) groups excluding carboxylic acids is 1. The Labute approximate surface area is 129 Å². The van der Waals surface area contributed by atoms with Crippen LogP contribution < -0.4 is 0 Å². The van der Waals surface area contributed by atoms with Crippen molar-refractivity contribution in [2.75, 3.05) is 6.61 Å². The van der Waals surface area contributed by atoms with Gasteiger partial charge in [-0.25, -0.2) is 4.85 Å². The monoisotopic (exact) mass is 287 g/mol. The van der Waals surface area contributed by atoms with Crippen molar-refractivity contribution >= 4 is 11.5 Å². The minimum atomic E-state index is -0.614. The molecule has 3 heteroatoms. The van der Waals surface area contributed by atoms with Crippen LogP contribution in [0.4, 0.5) is 0 Å². The fourth-order valence-electron chi connectivity index (χ4n) is 2.68. The van der Waals surface area contributed by atoms with Crippen molar-refractivity contribution in [3.63, 3.8) is 0 Å². The minimum absolute atomic E-state index is 0.0132. The third-order valence-corrected chi connectivity index (χ3v) is 3.56. The lowest BCUT2D eigenvalue weighted by molar-refractivity contribution is -0.137. The van der Waals surface area contributed by atoms with Gasteiger partial charge < -0.3 is 4.74 Å². The van der Waals surface area contributed by atoms with Gasteiger partial charge in [0.1, 0.15) is 6.61 Å². The molecule has 3 rings (SSSR count). The SMILES string of the molecule is [C-]#[N+]C(C(=O)OCC=C)=C1c2ccccc2-c2ccccc21. The molecule has 0 aromatic heterocycles. The van der Waals surface area contributed by atoms with E-state index in [4.69, 9.17) is 11.3 Å². The first-order chi connectivity index (χ1) is 10.8. The quantitative estimate of drug-likeness (QED) is 0.314. The van der Waals surface area contributed by atoms with Gasteiger partial charge in [0.25, 0.3) is 5.70 Å². The topological polar surface area (TPSA) is 30.7 Å². The fraction of sp³-hybridized carbons (Fsp3) is 0.0526. The molecule has 3 nitrogen and oxygen atoms in total. The second-order valence-corrected chi connectivity index (χ2v) is 4.81. The van der Waals surface area contributed by atoms with Crippen molar-refractivity contribution in [2.45, 2.75) is 0 Å². The number of esters is 1. The molecule has 2 aromatic rings. The van der Waals surface area contributed by atoms with Crippen LogP contribution in [0.1, 0.15) is 11.1 Å². The third kappa shape index (κ3) is 2.11. The van der Waals surface area contributed by atoms with E-state index in [0.717, 1.165) is 22.3 Å². The zero-order valence-electron chi connectivity index (χ0n) is 11.9. The predicted molar refractivity (Wildman–Crippen MR) is 85.7 cm³/mol. The number of hydrogen-bond acceptors (Lipinski definition) is 2. The average Bonchev–Trinajstić information content (AvgIpc) is 2.89. The maximum absolute atomic E-state index is 12.2. The van der Waals surface area contributed by atoms with Gasteiger partial charge in [-0.1, -0.05) is 61.2 Å². The predicted octanol–water partition coefficient (Wildman–Crippen LogP) is 4.07. The highest BCUT2D eigenvalue weighted by Crippen LogP contribution is 2.45. The van der Waals surface area contributed by atoms with E-state index in [1.165, 1.54) is 6.08 Å². The van der Waals surface area contributed by atoms with Crippen LogP contribution in [-0.2, 0) is 9.53 Å². The van der Waals surface area contributed by atoms with Gasteiger partial charge in [-0.05, 0) is 22.3 Å². The molecule has 1 aliphatic carbocycles. The largest absolute Gasteiger partial charge is 0.466 e. The van der Waals surface area contributed by atoms with E-state index >= 15 is 0 Å². The highest BCUT2D eigenvalue weighted by molar-refractivity contribution is 6.11. The Bertz CT molecular complexity index is 793. The van der Waals surface area contributed by atoms with Gasteiger partial charge in [0, 0.05) is 5.57 Å². The van der Waals surface area contributed by atoms with E-state index in [2.05, 4.69) is 11.4 Å². The number of nitrogens with zero attached hydrogens (tertiary/aromatic N) is 1. The Balaban J connectivity index is 2.25. The first kappa shape index (κ1) is 13.8. The molecule has 106 valence electrons. The van der Waals surface area contributed by atoms with Gasteiger partial charge >= 0.3 is 5.97 Å². The van der Waals surface area contributed by atoms with Crippen LogP contribution in [0.5, 0.6) is 0 Å². The summed E-state index contributed by atoms with van der Waals surface area (Å²) in [6.45, 7) is 11.0. The standard InChI is InChI=1S/C19H13NO2/c1-3-12-22-19(21)18(20-2)17-15-10-6-4-8-13(15)14-9-5-7-11-16(14)17/h3-11H,1,12H2. The molecular weight excluding hydrogens is 274 g/mol. The van der Waals surface area contributed by atoms with Crippen molar-refractivity contribution < 1.29 is 9.53 Å². The highest BCUT2D eigenvalue weighted by Gasteiger charge is 2.28. The van der Waals surface area contributed by atoms with E-state index in [0.29, 0.717) is 5.57 Å². The molecular formula is C19H13NO2. The summed E-state index contributed by atoms with van der Waals surface area (Å²) in [5, 5.41) is 0. The molecule has 0 amide bonds. The van der Waals surface area contributed by atoms with Crippen LogP contribution in [0, 0.1) is 6.57 Å². The molecule has 0 unspecified atom stereocenters. The number of benzene rings is 2. The van der Waals surface area contributed by atoms with Crippen molar-refractivity contribution in [1.82, 2.24) is 0 Å². The minimum Gasteiger partial charge on any atom is -0.466 e. The Morgan fingerprint density at radius 2 is 1.55 bits per heavy atom. The lowest BCUT2D eigenvalue weighted by Crippen LogP contribution is -2.07. The van der Waals surface area contributed by atoms with Crippen LogP contribution >= 0.6 is 0 Å². The van der Waals surface area contributed by atoms with Crippen LogP contribution in [0.2, 0.25) is 0 Å². The Hall–Kier alpha value is -3.12. The van der Waals surface area contributed by atoms with E-state index in [1.807, 2.05) is 48.5 Å². The first-order valence-electron chi connectivity index (χ1n) is 6.87. The molecule has 1 aliphatic rings. The Morgan fingerprint density at radius 1 is 1.05 bits per heavy atom. The number of hydrogen-bond donors (Lipinski definition) is 0. The maximum Gasteiger partial charge on any atom is 0.337 e. The summed E-state index contributed by atoms with van der Waals surface area (Å²) in [7, 11) is 0. The summed E-state index contributed by atoms with van der Waals surface area (Å²) in [5.74, 6) is -0.614. The van der Waals surface area contributed by atoms with Gasteiger partial charge in [-0.15, -0.1) is 0 Å². The first-order valence-corrected chi connectivity index (χ1v) is 6.87. The lowest BCUT2D eigenvalue weighted by Gasteiger charge is -2.07. The van der Waals surface area contributed by atoms with Gasteiger partial charge in [0.2, 0.25) is 0 Å². The van der Waals surface area contributed by atoms with Crippen molar-refractivity contribution in [3.8, 4) is 11.1 Å². The number of rotatable bonds is 3. The second-order valence-electron chi connectivity index (χ2n) is 4.81. The fourth-order valence-corrected chi connectivity index (χ4v) is 2.68. The Morgan fingerprint density at radius 3 is 2.00 bits per heavy atom. The smallest absolute Gasteiger partial charge is 0.337 e. The summed E-state index contributed by atoms with van der Waals surface area (Å²) in [6, 6.07) is 15.6. The van der Waals surface area contributed by atoms with Crippen molar-refractivity contribution in [3.05, 3.63) is 89.4 Å². The number of ether oxygens (including phenoxy) is 1.